The largest absolute Gasteiger partial charge is 0.338 e. The van der Waals surface area contributed by atoms with Crippen LogP contribution in [0.15, 0.2) is 64.2 Å². The molecule has 0 spiro atoms. The second kappa shape index (κ2) is 7.74. The Balaban J connectivity index is 1.65. The molecular weight excluding hydrogens is 414 g/mol. The first-order valence-electron chi connectivity index (χ1n) is 10.3. The molecule has 0 aliphatic carbocycles. The highest BCUT2D eigenvalue weighted by Gasteiger charge is 2.26. The number of nitrogens with zero attached hydrogens (tertiary/aromatic N) is 5. The molecule has 1 aliphatic rings. The van der Waals surface area contributed by atoms with E-state index in [2.05, 4.69) is 17.0 Å². The average molecular weight is 436 g/mol. The highest BCUT2D eigenvalue weighted by atomic mass is 35.5. The number of rotatable bonds is 4. The number of fused-ring (bicyclic) bond motifs is 3. The molecule has 5 rings (SSSR count). The maximum Gasteiger partial charge on any atom is 0.332 e. The molecule has 1 aliphatic heterocycles. The molecule has 4 aromatic rings. The first kappa shape index (κ1) is 19.6. The Morgan fingerprint density at radius 2 is 1.71 bits per heavy atom. The molecule has 158 valence electrons. The van der Waals surface area contributed by atoms with Gasteiger partial charge in [0.1, 0.15) is 0 Å². The number of hydrogen-bond donors (Lipinski definition) is 0. The molecule has 0 unspecified atom stereocenters. The van der Waals surface area contributed by atoms with E-state index in [0.717, 1.165) is 24.5 Å². The number of aromatic nitrogens is 4. The van der Waals surface area contributed by atoms with E-state index in [1.807, 2.05) is 41.0 Å². The van der Waals surface area contributed by atoms with Crippen LogP contribution in [0.2, 0.25) is 5.02 Å². The number of halogens is 1. The normalized spacial score (nSPS) is 13.5. The molecular formula is C23H22ClN5O2. The van der Waals surface area contributed by atoms with Crippen LogP contribution in [-0.4, -0.2) is 25.2 Å². The van der Waals surface area contributed by atoms with Gasteiger partial charge in [0.05, 0.1) is 6.54 Å². The van der Waals surface area contributed by atoms with E-state index in [-0.39, 0.29) is 12.1 Å². The molecule has 2 aromatic carbocycles. The van der Waals surface area contributed by atoms with Gasteiger partial charge in [-0.2, -0.15) is 4.98 Å². The maximum absolute atomic E-state index is 13.4. The van der Waals surface area contributed by atoms with Crippen LogP contribution in [0.4, 0.5) is 5.95 Å². The average Bonchev–Trinajstić information content (AvgIpc) is 3.18. The summed E-state index contributed by atoms with van der Waals surface area (Å²) in [5, 5.41) is 0.529. The zero-order chi connectivity index (χ0) is 21.5. The summed E-state index contributed by atoms with van der Waals surface area (Å²) in [6, 6.07) is 17.4. The van der Waals surface area contributed by atoms with E-state index in [0.29, 0.717) is 29.3 Å². The van der Waals surface area contributed by atoms with Crippen LogP contribution in [-0.2, 0) is 26.7 Å². The van der Waals surface area contributed by atoms with Crippen molar-refractivity contribution in [1.82, 2.24) is 18.7 Å². The van der Waals surface area contributed by atoms with Gasteiger partial charge in [-0.25, -0.2) is 4.79 Å². The van der Waals surface area contributed by atoms with E-state index in [1.54, 1.807) is 13.1 Å². The van der Waals surface area contributed by atoms with Crippen molar-refractivity contribution in [3.8, 4) is 0 Å². The Kier molecular flexibility index (Phi) is 4.90. The van der Waals surface area contributed by atoms with Gasteiger partial charge in [-0.05, 0) is 23.6 Å². The molecule has 8 heteroatoms. The molecule has 0 amide bonds. The number of benzene rings is 2. The lowest BCUT2D eigenvalue weighted by atomic mass is 10.2. The highest BCUT2D eigenvalue weighted by Crippen LogP contribution is 2.26. The fourth-order valence-corrected chi connectivity index (χ4v) is 4.42. The molecule has 3 heterocycles. The van der Waals surface area contributed by atoms with E-state index in [9.17, 15) is 9.59 Å². The second-order valence-corrected chi connectivity index (χ2v) is 8.23. The summed E-state index contributed by atoms with van der Waals surface area (Å²) < 4.78 is 4.65. The minimum atomic E-state index is -0.400. The van der Waals surface area contributed by atoms with Crippen LogP contribution in [0.1, 0.15) is 17.5 Å². The van der Waals surface area contributed by atoms with E-state index >= 15 is 0 Å². The zero-order valence-corrected chi connectivity index (χ0v) is 17.9. The molecule has 0 radical (unpaired) electrons. The van der Waals surface area contributed by atoms with Gasteiger partial charge in [0.2, 0.25) is 5.95 Å². The lowest BCUT2D eigenvalue weighted by molar-refractivity contribution is 0.561. The molecule has 2 aromatic heterocycles. The van der Waals surface area contributed by atoms with Crippen molar-refractivity contribution in [3.63, 3.8) is 0 Å². The van der Waals surface area contributed by atoms with Crippen LogP contribution in [0, 0.1) is 0 Å². The summed E-state index contributed by atoms with van der Waals surface area (Å²) in [6.07, 6.45) is 0.901. The topological polar surface area (TPSA) is 65.1 Å². The third-order valence-corrected chi connectivity index (χ3v) is 6.18. The van der Waals surface area contributed by atoms with Crippen molar-refractivity contribution < 1.29 is 0 Å². The Morgan fingerprint density at radius 1 is 0.968 bits per heavy atom. The van der Waals surface area contributed by atoms with Gasteiger partial charge < -0.3 is 9.47 Å². The van der Waals surface area contributed by atoms with Crippen LogP contribution < -0.4 is 16.1 Å². The number of anilines is 1. The lowest BCUT2D eigenvalue weighted by Crippen LogP contribution is -2.40. The van der Waals surface area contributed by atoms with Crippen molar-refractivity contribution >= 4 is 28.7 Å². The maximum atomic E-state index is 13.4. The Labute approximate surface area is 183 Å². The summed E-state index contributed by atoms with van der Waals surface area (Å²) in [5.41, 5.74) is 2.04. The van der Waals surface area contributed by atoms with Gasteiger partial charge >= 0.3 is 5.69 Å². The molecule has 0 saturated heterocycles. The van der Waals surface area contributed by atoms with E-state index < -0.39 is 5.69 Å². The number of hydrogen-bond acceptors (Lipinski definition) is 4. The van der Waals surface area contributed by atoms with Gasteiger partial charge in [-0.3, -0.25) is 13.9 Å². The van der Waals surface area contributed by atoms with Crippen molar-refractivity contribution in [2.45, 2.75) is 26.1 Å². The third-order valence-electron chi connectivity index (χ3n) is 5.81. The van der Waals surface area contributed by atoms with Gasteiger partial charge in [0.15, 0.2) is 11.2 Å². The monoisotopic (exact) mass is 435 g/mol. The van der Waals surface area contributed by atoms with Gasteiger partial charge in [0.25, 0.3) is 5.56 Å². The Bertz CT molecular complexity index is 1390. The summed E-state index contributed by atoms with van der Waals surface area (Å²) in [5.74, 6) is 0.729. The molecule has 0 atom stereocenters. The van der Waals surface area contributed by atoms with Crippen molar-refractivity contribution in [2.75, 3.05) is 11.4 Å². The predicted molar refractivity (Wildman–Crippen MR) is 122 cm³/mol. The summed E-state index contributed by atoms with van der Waals surface area (Å²) in [4.78, 5) is 33.4. The minimum Gasteiger partial charge on any atom is -0.338 e. The fourth-order valence-electron chi connectivity index (χ4n) is 4.22. The smallest absolute Gasteiger partial charge is 0.332 e. The first-order chi connectivity index (χ1) is 15.0. The quantitative estimate of drug-likeness (QED) is 0.494. The predicted octanol–water partition coefficient (Wildman–Crippen LogP) is 3.01. The number of aryl methyl sites for hydroxylation is 2. The van der Waals surface area contributed by atoms with Gasteiger partial charge in [-0.1, -0.05) is 60.1 Å². The van der Waals surface area contributed by atoms with Crippen LogP contribution in [0.25, 0.3) is 11.2 Å². The summed E-state index contributed by atoms with van der Waals surface area (Å²) in [6.45, 7) is 2.36. The molecule has 0 fully saturated rings. The first-order valence-corrected chi connectivity index (χ1v) is 10.6. The fraction of sp³-hybridized carbons (Fsp3) is 0.261. The SMILES string of the molecule is Cn1c(=O)n(Cc2ccccc2Cl)c(=O)c2c1nc1n2CCCN1Cc1ccccc1. The summed E-state index contributed by atoms with van der Waals surface area (Å²) >= 11 is 6.28. The van der Waals surface area contributed by atoms with Crippen LogP contribution >= 0.6 is 11.6 Å². The van der Waals surface area contributed by atoms with E-state index in [4.69, 9.17) is 16.6 Å². The van der Waals surface area contributed by atoms with Gasteiger partial charge in [0, 0.05) is 31.7 Å². The molecule has 31 heavy (non-hydrogen) atoms. The molecule has 0 N–H and O–H groups in total. The number of imidazole rings is 1. The third kappa shape index (κ3) is 3.35. The van der Waals surface area contributed by atoms with Crippen molar-refractivity contribution in [3.05, 3.63) is 91.6 Å². The zero-order valence-electron chi connectivity index (χ0n) is 17.2. The van der Waals surface area contributed by atoms with Crippen molar-refractivity contribution in [1.29, 1.82) is 0 Å². The highest BCUT2D eigenvalue weighted by molar-refractivity contribution is 6.31. The molecule has 0 saturated carbocycles. The molecule has 7 nitrogen and oxygen atoms in total. The van der Waals surface area contributed by atoms with Crippen LogP contribution in [0.3, 0.4) is 0 Å². The standard InChI is InChI=1S/C23H22ClN5O2/c1-26-20-19(21(30)29(23(26)31)15-17-10-5-6-11-18(17)24)28-13-7-12-27(22(28)25-20)14-16-8-3-2-4-9-16/h2-6,8-11H,7,12-15H2,1H3. The summed E-state index contributed by atoms with van der Waals surface area (Å²) in [7, 11) is 1.66. The van der Waals surface area contributed by atoms with Crippen molar-refractivity contribution in [2.24, 2.45) is 7.05 Å². The lowest BCUT2D eigenvalue weighted by Gasteiger charge is -2.29. The second-order valence-electron chi connectivity index (χ2n) is 7.82. The Morgan fingerprint density at radius 3 is 2.48 bits per heavy atom. The van der Waals surface area contributed by atoms with Gasteiger partial charge in [-0.15, -0.1) is 0 Å². The Hall–Kier alpha value is -3.32. The minimum absolute atomic E-state index is 0.120. The van der Waals surface area contributed by atoms with E-state index in [1.165, 1.54) is 14.7 Å². The van der Waals surface area contributed by atoms with Crippen LogP contribution in [0.5, 0.6) is 0 Å². The molecule has 0 bridgehead atoms.